The number of hydrogen-bond donors (Lipinski definition) is 2. The van der Waals surface area contributed by atoms with Crippen LogP contribution in [0.2, 0.25) is 0 Å². The van der Waals surface area contributed by atoms with Crippen molar-refractivity contribution in [3.05, 3.63) is 130 Å². The lowest BCUT2D eigenvalue weighted by molar-refractivity contribution is -0.138. The molecule has 0 amide bonds. The highest BCUT2D eigenvalue weighted by Crippen LogP contribution is 2.30. The van der Waals surface area contributed by atoms with Gasteiger partial charge < -0.3 is 20.3 Å². The van der Waals surface area contributed by atoms with Crippen LogP contribution < -0.4 is 15.2 Å². The maximum Gasteiger partial charge on any atom is 0.320 e. The zero-order valence-electron chi connectivity index (χ0n) is 24.5. The number of carboxylic acid groups (broad SMARTS) is 1. The molecule has 0 aliphatic carbocycles. The molecule has 226 valence electrons. The van der Waals surface area contributed by atoms with Crippen LogP contribution in [0.25, 0.3) is 0 Å². The molecule has 0 aliphatic heterocycles. The van der Waals surface area contributed by atoms with Crippen LogP contribution in [0, 0.1) is 13.8 Å². The fraction of sp³-hybridized carbons (Fsp3) is 0.286. The molecule has 4 rings (SSSR count). The molecule has 43 heavy (non-hydrogen) atoms. The molecule has 4 aromatic carbocycles. The molecular formula is C35H38F2N2O4. The van der Waals surface area contributed by atoms with Gasteiger partial charge in [-0.3, -0.25) is 9.69 Å². The topological polar surface area (TPSA) is 85.0 Å². The smallest absolute Gasteiger partial charge is 0.320 e. The first-order valence-electron chi connectivity index (χ1n) is 14.2. The molecule has 0 radical (unpaired) electrons. The van der Waals surface area contributed by atoms with Crippen LogP contribution >= 0.6 is 0 Å². The van der Waals surface area contributed by atoms with Gasteiger partial charge in [0, 0.05) is 36.3 Å². The molecule has 0 saturated heterocycles. The van der Waals surface area contributed by atoms with Crippen LogP contribution in [0.5, 0.6) is 11.5 Å². The second kappa shape index (κ2) is 15.3. The Morgan fingerprint density at radius 3 is 1.95 bits per heavy atom. The molecule has 0 spiro atoms. The van der Waals surface area contributed by atoms with Gasteiger partial charge in [-0.1, -0.05) is 77.9 Å². The van der Waals surface area contributed by atoms with Crippen LogP contribution in [0.4, 0.5) is 8.78 Å². The van der Waals surface area contributed by atoms with Crippen molar-refractivity contribution in [3.8, 4) is 11.5 Å². The van der Waals surface area contributed by atoms with Gasteiger partial charge in [-0.05, 0) is 55.7 Å². The van der Waals surface area contributed by atoms with Gasteiger partial charge in [-0.25, -0.2) is 8.78 Å². The predicted octanol–water partition coefficient (Wildman–Crippen LogP) is 7.20. The average molecular weight is 589 g/mol. The van der Waals surface area contributed by atoms with Gasteiger partial charge in [-0.2, -0.15) is 0 Å². The highest BCUT2D eigenvalue weighted by atomic mass is 19.3. The van der Waals surface area contributed by atoms with Crippen molar-refractivity contribution in [2.75, 3.05) is 6.54 Å². The van der Waals surface area contributed by atoms with Crippen molar-refractivity contribution in [2.24, 2.45) is 5.73 Å². The SMILES string of the molecule is Cc1cccc(COc2ccccc2CN(CC[C@H](N)C(=O)O)Cc2cc(C(F)F)ccc2OCc2cccc(C)c2)c1. The van der Waals surface area contributed by atoms with Crippen LogP contribution in [0.15, 0.2) is 91.0 Å². The van der Waals surface area contributed by atoms with Gasteiger partial charge in [0.15, 0.2) is 0 Å². The van der Waals surface area contributed by atoms with E-state index in [0.29, 0.717) is 36.8 Å². The molecule has 0 heterocycles. The molecule has 0 saturated carbocycles. The largest absolute Gasteiger partial charge is 0.489 e. The Morgan fingerprint density at radius 1 is 0.791 bits per heavy atom. The lowest BCUT2D eigenvalue weighted by atomic mass is 10.1. The molecule has 0 unspecified atom stereocenters. The highest BCUT2D eigenvalue weighted by Gasteiger charge is 2.19. The third-order valence-electron chi connectivity index (χ3n) is 7.12. The van der Waals surface area contributed by atoms with Crippen molar-refractivity contribution in [1.29, 1.82) is 0 Å². The Hall–Kier alpha value is -4.27. The number of nitrogens with zero attached hydrogens (tertiary/aromatic N) is 1. The molecule has 1 atom stereocenters. The molecule has 6 nitrogen and oxygen atoms in total. The minimum atomic E-state index is -2.64. The Balaban J connectivity index is 1.58. The number of carboxylic acids is 1. The summed E-state index contributed by atoms with van der Waals surface area (Å²) in [4.78, 5) is 13.5. The van der Waals surface area contributed by atoms with Gasteiger partial charge in [0.25, 0.3) is 6.43 Å². The number of aliphatic carboxylic acids is 1. The summed E-state index contributed by atoms with van der Waals surface area (Å²) in [7, 11) is 0. The number of alkyl halides is 2. The van der Waals surface area contributed by atoms with E-state index in [2.05, 4.69) is 6.07 Å². The molecule has 0 fully saturated rings. The van der Waals surface area contributed by atoms with Crippen molar-refractivity contribution in [1.82, 2.24) is 4.90 Å². The van der Waals surface area contributed by atoms with Crippen molar-refractivity contribution in [2.45, 2.75) is 59.0 Å². The molecule has 8 heteroatoms. The first-order valence-corrected chi connectivity index (χ1v) is 14.2. The quantitative estimate of drug-likeness (QED) is 0.153. The van der Waals surface area contributed by atoms with Gasteiger partial charge in [-0.15, -0.1) is 0 Å². The van der Waals surface area contributed by atoms with Crippen LogP contribution in [0.1, 0.15) is 51.8 Å². The molecule has 4 aromatic rings. The number of nitrogens with two attached hydrogens (primary N) is 1. The lowest BCUT2D eigenvalue weighted by Crippen LogP contribution is -2.35. The second-order valence-corrected chi connectivity index (χ2v) is 10.8. The Kier molecular flexibility index (Phi) is 11.2. The predicted molar refractivity (Wildman–Crippen MR) is 163 cm³/mol. The van der Waals surface area contributed by atoms with Crippen molar-refractivity contribution in [3.63, 3.8) is 0 Å². The van der Waals surface area contributed by atoms with Gasteiger partial charge in [0.2, 0.25) is 0 Å². The summed E-state index contributed by atoms with van der Waals surface area (Å²) in [5.41, 5.74) is 11.4. The van der Waals surface area contributed by atoms with Crippen LogP contribution in [-0.4, -0.2) is 28.6 Å². The highest BCUT2D eigenvalue weighted by molar-refractivity contribution is 5.73. The molecule has 0 bridgehead atoms. The number of ether oxygens (including phenoxy) is 2. The summed E-state index contributed by atoms with van der Waals surface area (Å²) in [5.74, 6) is 0.0833. The summed E-state index contributed by atoms with van der Waals surface area (Å²) in [6, 6.07) is 27.0. The Bertz CT molecular complexity index is 1510. The summed E-state index contributed by atoms with van der Waals surface area (Å²) >= 11 is 0. The Morgan fingerprint density at radius 2 is 1.37 bits per heavy atom. The molecule has 0 aliphatic rings. The first-order chi connectivity index (χ1) is 20.7. The minimum absolute atomic E-state index is 0.109. The van der Waals surface area contributed by atoms with Crippen LogP contribution in [-0.2, 0) is 31.1 Å². The van der Waals surface area contributed by atoms with E-state index < -0.39 is 18.4 Å². The summed E-state index contributed by atoms with van der Waals surface area (Å²) in [6.07, 6.45) is -2.47. The van der Waals surface area contributed by atoms with E-state index in [4.69, 9.17) is 15.2 Å². The molecular weight excluding hydrogens is 550 g/mol. The molecule has 0 aromatic heterocycles. The van der Waals surface area contributed by atoms with E-state index >= 15 is 0 Å². The summed E-state index contributed by atoms with van der Waals surface area (Å²) in [5, 5.41) is 9.39. The zero-order chi connectivity index (χ0) is 30.8. The number of carbonyl (C=O) groups is 1. The maximum atomic E-state index is 13.8. The standard InChI is InChI=1S/C35H38F2N2O4/c1-24-7-5-9-26(17-24)22-42-32-12-4-3-11-29(32)20-39(16-15-31(38)35(40)41)21-30-19-28(34(36)37)13-14-33(30)43-23-27-10-6-8-25(2)18-27/h3-14,17-19,31,34H,15-16,20-23,38H2,1-2H3,(H,40,41)/t31-/m0/s1. The lowest BCUT2D eigenvalue weighted by Gasteiger charge is -2.26. The fourth-order valence-electron chi connectivity index (χ4n) is 4.84. The monoisotopic (exact) mass is 588 g/mol. The van der Waals surface area contributed by atoms with E-state index in [1.165, 1.54) is 12.1 Å². The van der Waals surface area contributed by atoms with Gasteiger partial charge in [0.05, 0.1) is 0 Å². The number of benzene rings is 4. The van der Waals surface area contributed by atoms with E-state index in [9.17, 15) is 18.7 Å². The van der Waals surface area contributed by atoms with E-state index in [1.54, 1.807) is 6.07 Å². The number of aryl methyl sites for hydroxylation is 2. The number of halogens is 2. The second-order valence-electron chi connectivity index (χ2n) is 10.8. The summed E-state index contributed by atoms with van der Waals surface area (Å²) < 4.78 is 39.8. The first kappa shape index (κ1) is 31.7. The van der Waals surface area contributed by atoms with Gasteiger partial charge >= 0.3 is 5.97 Å². The van der Waals surface area contributed by atoms with Crippen LogP contribution in [0.3, 0.4) is 0 Å². The van der Waals surface area contributed by atoms with E-state index in [0.717, 1.165) is 27.8 Å². The minimum Gasteiger partial charge on any atom is -0.489 e. The number of hydrogen-bond acceptors (Lipinski definition) is 5. The van der Waals surface area contributed by atoms with Crippen molar-refractivity contribution < 1.29 is 28.2 Å². The fourth-order valence-corrected chi connectivity index (χ4v) is 4.84. The van der Waals surface area contributed by atoms with Crippen molar-refractivity contribution >= 4 is 5.97 Å². The maximum absolute atomic E-state index is 13.8. The Labute approximate surface area is 251 Å². The van der Waals surface area contributed by atoms with E-state index in [1.807, 2.05) is 85.5 Å². The summed E-state index contributed by atoms with van der Waals surface area (Å²) in [6.45, 7) is 5.62. The zero-order valence-corrected chi connectivity index (χ0v) is 24.5. The third kappa shape index (κ3) is 9.63. The number of para-hydroxylation sites is 1. The third-order valence-corrected chi connectivity index (χ3v) is 7.12. The van der Waals surface area contributed by atoms with Gasteiger partial charge in [0.1, 0.15) is 30.8 Å². The van der Waals surface area contributed by atoms with E-state index in [-0.39, 0.29) is 25.1 Å². The normalized spacial score (nSPS) is 12.0. The number of rotatable bonds is 15. The molecule has 3 N–H and O–H groups in total. The average Bonchev–Trinajstić information content (AvgIpc) is 2.98.